The van der Waals surface area contributed by atoms with E-state index in [2.05, 4.69) is 44.9 Å². The Kier molecular flexibility index (Phi) is 15.0. The van der Waals surface area contributed by atoms with Gasteiger partial charge in [-0.05, 0) is 97.3 Å². The van der Waals surface area contributed by atoms with Crippen LogP contribution in [0.3, 0.4) is 0 Å². The smallest absolute Gasteiger partial charge is 0.411 e. The monoisotopic (exact) mass is 848 g/mol. The van der Waals surface area contributed by atoms with Crippen molar-refractivity contribution in [2.45, 2.75) is 64.1 Å². The summed E-state index contributed by atoms with van der Waals surface area (Å²) in [6, 6.07) is 40.3. The van der Waals surface area contributed by atoms with Crippen molar-refractivity contribution in [2.75, 3.05) is 43.4 Å². The lowest BCUT2D eigenvalue weighted by atomic mass is 10.0. The molecule has 1 fully saturated rings. The fourth-order valence-corrected chi connectivity index (χ4v) is 8.04. The first-order chi connectivity index (χ1) is 30.6. The van der Waals surface area contributed by atoms with Gasteiger partial charge >= 0.3 is 6.09 Å². The third-order valence-corrected chi connectivity index (χ3v) is 11.7. The minimum Gasteiger partial charge on any atom is -0.506 e. The van der Waals surface area contributed by atoms with E-state index in [-0.39, 0.29) is 41.7 Å². The van der Waals surface area contributed by atoms with Crippen LogP contribution in [0, 0.1) is 0 Å². The van der Waals surface area contributed by atoms with Crippen LogP contribution in [-0.4, -0.2) is 78.3 Å². The second-order valence-electron chi connectivity index (χ2n) is 16.3. The molecule has 6 aromatic rings. The number of anilines is 2. The van der Waals surface area contributed by atoms with Crippen LogP contribution in [0.2, 0.25) is 0 Å². The van der Waals surface area contributed by atoms with Crippen molar-refractivity contribution in [1.82, 2.24) is 20.5 Å². The number of nitrogens with one attached hydrogen (secondary N) is 4. The standard InChI is InChI=1S/C51H56N6O6/c1-35(52-28-24-40-18-22-46(58)50-44(40)21-23-47(59)55-50)32-36-12-14-37(15-13-36)33-48(60)53-34-38-16-19-41(20-17-38)56(2)49(61)27-31-57-29-25-42(26-30-57)63-51(62)54-45-11-7-6-10-43(45)39-8-4-3-5-9-39/h3-23,35,42,52,58H,24-34H2,1-2H3,(H,53,60)(H,54,62)(H,55,59). The zero-order chi connectivity index (χ0) is 44.1. The average Bonchev–Trinajstić information content (AvgIpc) is 3.30. The van der Waals surface area contributed by atoms with E-state index in [1.165, 1.54) is 11.6 Å². The Morgan fingerprint density at radius 2 is 1.54 bits per heavy atom. The number of phenols is 1. The molecule has 2 heterocycles. The molecule has 0 radical (unpaired) electrons. The Balaban J connectivity index is 0.769. The molecular weight excluding hydrogens is 793 g/mol. The van der Waals surface area contributed by atoms with Crippen LogP contribution in [0.25, 0.3) is 22.0 Å². The maximum absolute atomic E-state index is 13.1. The fraction of sp³-hybridized carbons (Fsp3) is 0.294. The number of para-hydroxylation sites is 1. The SMILES string of the molecule is CC(Cc1ccc(CC(=O)NCc2ccc(N(C)C(=O)CCN3CCC(OC(=O)Nc4ccccc4-c4ccccc4)CC3)cc2)cc1)NCCc1ccc(O)c2[nH]c(=O)ccc12. The van der Waals surface area contributed by atoms with E-state index < -0.39 is 6.09 Å². The second kappa shape index (κ2) is 21.4. The highest BCUT2D eigenvalue weighted by molar-refractivity contribution is 5.93. The van der Waals surface area contributed by atoms with Crippen molar-refractivity contribution in [1.29, 1.82) is 0 Å². The molecule has 1 aliphatic rings. The van der Waals surface area contributed by atoms with E-state index in [4.69, 9.17) is 4.74 Å². The van der Waals surface area contributed by atoms with E-state index in [1.54, 1.807) is 24.1 Å². The lowest BCUT2D eigenvalue weighted by Gasteiger charge is -2.31. The molecule has 5 aromatic carbocycles. The van der Waals surface area contributed by atoms with Gasteiger partial charge in [-0.2, -0.15) is 0 Å². The second-order valence-corrected chi connectivity index (χ2v) is 16.3. The van der Waals surface area contributed by atoms with E-state index >= 15 is 0 Å². The van der Waals surface area contributed by atoms with Crippen LogP contribution in [0.1, 0.15) is 48.4 Å². The van der Waals surface area contributed by atoms with Crippen molar-refractivity contribution in [3.8, 4) is 16.9 Å². The minimum absolute atomic E-state index is 0.0162. The number of benzene rings is 5. The van der Waals surface area contributed by atoms with E-state index in [9.17, 15) is 24.3 Å². The number of aromatic hydroxyl groups is 1. The first-order valence-corrected chi connectivity index (χ1v) is 21.7. The molecule has 12 nitrogen and oxygen atoms in total. The van der Waals surface area contributed by atoms with Crippen LogP contribution < -0.4 is 26.4 Å². The van der Waals surface area contributed by atoms with Gasteiger partial charge in [0.05, 0.1) is 17.6 Å². The number of fused-ring (bicyclic) bond motifs is 1. The highest BCUT2D eigenvalue weighted by atomic mass is 16.6. The van der Waals surface area contributed by atoms with Gasteiger partial charge in [-0.3, -0.25) is 19.7 Å². The van der Waals surface area contributed by atoms with Crippen molar-refractivity contribution in [2.24, 2.45) is 0 Å². The number of H-pyrrole nitrogens is 1. The van der Waals surface area contributed by atoms with Gasteiger partial charge in [0.15, 0.2) is 0 Å². The Hall–Kier alpha value is -6.76. The summed E-state index contributed by atoms with van der Waals surface area (Å²) < 4.78 is 5.78. The van der Waals surface area contributed by atoms with E-state index in [0.717, 1.165) is 71.4 Å². The van der Waals surface area contributed by atoms with Crippen LogP contribution in [0.4, 0.5) is 16.2 Å². The zero-order valence-corrected chi connectivity index (χ0v) is 35.9. The Morgan fingerprint density at radius 1 is 0.841 bits per heavy atom. The summed E-state index contributed by atoms with van der Waals surface area (Å²) in [6.45, 7) is 5.38. The van der Waals surface area contributed by atoms with Crippen LogP contribution >= 0.6 is 0 Å². The molecule has 7 rings (SSSR count). The summed E-state index contributed by atoms with van der Waals surface area (Å²) in [6.07, 6.45) is 3.00. The van der Waals surface area contributed by atoms with Gasteiger partial charge in [0.25, 0.3) is 0 Å². The fourth-order valence-electron chi connectivity index (χ4n) is 8.04. The number of phenolic OH excluding ortho intramolecular Hbond substituents is 1. The molecule has 12 heteroatoms. The normalized spacial score (nSPS) is 13.6. The van der Waals surface area contributed by atoms with Crippen molar-refractivity contribution < 1.29 is 24.2 Å². The van der Waals surface area contributed by atoms with E-state index in [0.29, 0.717) is 43.6 Å². The predicted molar refractivity (Wildman–Crippen MR) is 249 cm³/mol. The third-order valence-electron chi connectivity index (χ3n) is 11.7. The average molecular weight is 849 g/mol. The van der Waals surface area contributed by atoms with Crippen LogP contribution in [0.5, 0.6) is 5.75 Å². The maximum atomic E-state index is 13.1. The molecule has 3 amide bonds. The molecule has 63 heavy (non-hydrogen) atoms. The molecule has 1 aliphatic heterocycles. The number of carbonyl (C=O) groups is 3. The lowest BCUT2D eigenvalue weighted by Crippen LogP contribution is -2.40. The van der Waals surface area contributed by atoms with Gasteiger partial charge in [0.2, 0.25) is 17.4 Å². The Bertz CT molecular complexity index is 2540. The van der Waals surface area contributed by atoms with Crippen molar-refractivity contribution in [3.63, 3.8) is 0 Å². The highest BCUT2D eigenvalue weighted by Crippen LogP contribution is 2.28. The molecule has 0 aliphatic carbocycles. The molecule has 0 saturated carbocycles. The molecule has 1 unspecified atom stereocenters. The Labute approximate surface area is 368 Å². The maximum Gasteiger partial charge on any atom is 0.411 e. The number of aromatic nitrogens is 1. The number of likely N-dealkylation sites (tertiary alicyclic amines) is 1. The van der Waals surface area contributed by atoms with Gasteiger partial charge in [0.1, 0.15) is 11.9 Å². The molecule has 5 N–H and O–H groups in total. The molecular formula is C51H56N6O6. The van der Waals surface area contributed by atoms with E-state index in [1.807, 2.05) is 97.1 Å². The van der Waals surface area contributed by atoms with Gasteiger partial charge < -0.3 is 35.3 Å². The molecule has 326 valence electrons. The molecule has 0 spiro atoms. The number of hydrogen-bond acceptors (Lipinski definition) is 8. The number of pyridine rings is 1. The summed E-state index contributed by atoms with van der Waals surface area (Å²) in [4.78, 5) is 57.1. The number of amides is 3. The number of piperidine rings is 1. The highest BCUT2D eigenvalue weighted by Gasteiger charge is 2.24. The first-order valence-electron chi connectivity index (χ1n) is 21.7. The summed E-state index contributed by atoms with van der Waals surface area (Å²) in [7, 11) is 1.78. The summed E-state index contributed by atoms with van der Waals surface area (Å²) >= 11 is 0. The zero-order valence-electron chi connectivity index (χ0n) is 35.9. The molecule has 1 saturated heterocycles. The largest absolute Gasteiger partial charge is 0.506 e. The first kappa shape index (κ1) is 44.3. The van der Waals surface area contributed by atoms with Gasteiger partial charge in [0, 0.05) is 68.4 Å². The quantitative estimate of drug-likeness (QED) is 0.0629. The third kappa shape index (κ3) is 12.4. The van der Waals surface area contributed by atoms with Gasteiger partial charge in [-0.25, -0.2) is 4.79 Å². The summed E-state index contributed by atoms with van der Waals surface area (Å²) in [5.74, 6) is 0.0143. The molecule has 0 bridgehead atoms. The van der Waals surface area contributed by atoms with Crippen molar-refractivity contribution in [3.05, 3.63) is 160 Å². The molecule has 1 aromatic heterocycles. The van der Waals surface area contributed by atoms with Crippen molar-refractivity contribution >= 4 is 40.2 Å². The topological polar surface area (TPSA) is 156 Å². The van der Waals surface area contributed by atoms with Crippen LogP contribution in [0.15, 0.2) is 132 Å². The predicted octanol–water partition coefficient (Wildman–Crippen LogP) is 7.59. The van der Waals surface area contributed by atoms with Gasteiger partial charge in [-0.15, -0.1) is 0 Å². The van der Waals surface area contributed by atoms with Gasteiger partial charge in [-0.1, -0.05) is 91.0 Å². The van der Waals surface area contributed by atoms with Crippen LogP contribution in [-0.2, 0) is 40.1 Å². The lowest BCUT2D eigenvalue weighted by molar-refractivity contribution is -0.120. The number of ether oxygens (including phenoxy) is 1. The molecule has 1 atom stereocenters. The number of carbonyl (C=O) groups excluding carboxylic acids is 3. The minimum atomic E-state index is -0.461. The number of aromatic amines is 1. The Morgan fingerprint density at radius 3 is 2.30 bits per heavy atom. The number of hydrogen-bond donors (Lipinski definition) is 5. The summed E-state index contributed by atoms with van der Waals surface area (Å²) in [5.41, 5.74) is 7.76. The summed E-state index contributed by atoms with van der Waals surface area (Å²) in [5, 5.41) is 20.5. The number of nitrogens with zero attached hydrogens (tertiary/aromatic N) is 2. The number of rotatable bonds is 17.